The molecule has 0 radical (unpaired) electrons. The largest absolute Gasteiger partial charge is 0.454 e. The first kappa shape index (κ1) is 20.2. The van der Waals surface area contributed by atoms with Crippen molar-refractivity contribution in [2.45, 2.75) is 11.3 Å². The summed E-state index contributed by atoms with van der Waals surface area (Å²) in [5.41, 5.74) is 0.996. The Morgan fingerprint density at radius 3 is 2.67 bits per heavy atom. The van der Waals surface area contributed by atoms with Gasteiger partial charge in [-0.25, -0.2) is 12.7 Å². The lowest BCUT2D eigenvalue weighted by atomic mass is 10.1. The van der Waals surface area contributed by atoms with Gasteiger partial charge in [0.25, 0.3) is 0 Å². The van der Waals surface area contributed by atoms with E-state index in [2.05, 4.69) is 5.32 Å². The number of anilines is 2. The molecule has 4 rings (SSSR count). The molecule has 0 aromatic heterocycles. The van der Waals surface area contributed by atoms with Crippen LogP contribution in [0.15, 0.2) is 47.4 Å². The molecular weight excluding hydrogens is 410 g/mol. The van der Waals surface area contributed by atoms with E-state index in [-0.39, 0.29) is 36.5 Å². The van der Waals surface area contributed by atoms with Gasteiger partial charge in [-0.15, -0.1) is 0 Å². The van der Waals surface area contributed by atoms with Crippen molar-refractivity contribution in [3.63, 3.8) is 0 Å². The molecule has 2 heterocycles. The Bertz CT molecular complexity index is 1120. The molecule has 1 saturated heterocycles. The van der Waals surface area contributed by atoms with Crippen LogP contribution in [-0.4, -0.2) is 52.0 Å². The van der Waals surface area contributed by atoms with E-state index in [1.807, 2.05) is 0 Å². The Morgan fingerprint density at radius 2 is 1.90 bits per heavy atom. The molecule has 2 aliphatic rings. The van der Waals surface area contributed by atoms with E-state index in [1.54, 1.807) is 35.2 Å². The fraction of sp³-hybridized carbons (Fsp3) is 0.300. The summed E-state index contributed by atoms with van der Waals surface area (Å²) in [4.78, 5) is 26.8. The van der Waals surface area contributed by atoms with E-state index in [0.717, 1.165) is 4.31 Å². The van der Waals surface area contributed by atoms with E-state index < -0.39 is 15.9 Å². The van der Waals surface area contributed by atoms with Crippen LogP contribution in [0.3, 0.4) is 0 Å². The number of fused-ring (bicyclic) bond motifs is 1. The third kappa shape index (κ3) is 3.71. The maximum atomic E-state index is 12.7. The molecule has 10 heteroatoms. The summed E-state index contributed by atoms with van der Waals surface area (Å²) in [6, 6.07) is 11.2. The fourth-order valence-corrected chi connectivity index (χ4v) is 4.32. The molecule has 2 aromatic rings. The first-order valence-corrected chi connectivity index (χ1v) is 10.7. The minimum atomic E-state index is -3.62. The van der Waals surface area contributed by atoms with Crippen LogP contribution in [0.4, 0.5) is 11.4 Å². The molecule has 0 spiro atoms. The standard InChI is InChI=1S/C20H21N3O6S/c1-22(2)30(26,27)16-5-3-4-14(9-16)21-20(25)13-8-19(24)23(11-13)15-6-7-17-18(10-15)29-12-28-17/h3-7,9-10,13H,8,11-12H2,1-2H3,(H,21,25). The smallest absolute Gasteiger partial charge is 0.242 e. The van der Waals surface area contributed by atoms with E-state index in [0.29, 0.717) is 22.9 Å². The highest BCUT2D eigenvalue weighted by Gasteiger charge is 2.36. The SMILES string of the molecule is CN(C)S(=O)(=O)c1cccc(NC(=O)C2CC(=O)N(c3ccc4c(c3)OCO4)C2)c1. The summed E-state index contributed by atoms with van der Waals surface area (Å²) < 4.78 is 36.3. The second-order valence-electron chi connectivity index (χ2n) is 7.25. The van der Waals surface area contributed by atoms with Crippen molar-refractivity contribution in [3.8, 4) is 11.5 Å². The molecule has 1 atom stereocenters. The summed E-state index contributed by atoms with van der Waals surface area (Å²) >= 11 is 0. The number of rotatable bonds is 5. The van der Waals surface area contributed by atoms with Crippen LogP contribution in [0.2, 0.25) is 0 Å². The minimum Gasteiger partial charge on any atom is -0.454 e. The predicted molar refractivity (Wildman–Crippen MR) is 109 cm³/mol. The summed E-state index contributed by atoms with van der Waals surface area (Å²) in [5, 5.41) is 2.72. The average Bonchev–Trinajstić information content (AvgIpc) is 3.33. The molecule has 30 heavy (non-hydrogen) atoms. The van der Waals surface area contributed by atoms with Gasteiger partial charge >= 0.3 is 0 Å². The van der Waals surface area contributed by atoms with Crippen LogP contribution in [0.5, 0.6) is 11.5 Å². The molecule has 0 saturated carbocycles. The molecule has 0 bridgehead atoms. The molecule has 0 aliphatic carbocycles. The first-order chi connectivity index (χ1) is 14.3. The van der Waals surface area contributed by atoms with Crippen molar-refractivity contribution in [1.29, 1.82) is 0 Å². The van der Waals surface area contributed by atoms with Gasteiger partial charge in [-0.1, -0.05) is 6.07 Å². The summed E-state index contributed by atoms with van der Waals surface area (Å²) in [7, 11) is -0.735. The molecule has 158 valence electrons. The summed E-state index contributed by atoms with van der Waals surface area (Å²) in [5.74, 6) is 0.111. The van der Waals surface area contributed by atoms with Crippen molar-refractivity contribution in [2.75, 3.05) is 37.6 Å². The van der Waals surface area contributed by atoms with E-state index in [9.17, 15) is 18.0 Å². The Labute approximate surface area is 174 Å². The number of amides is 2. The maximum absolute atomic E-state index is 12.7. The van der Waals surface area contributed by atoms with E-state index >= 15 is 0 Å². The summed E-state index contributed by atoms with van der Waals surface area (Å²) in [6.07, 6.45) is 0.0654. The lowest BCUT2D eigenvalue weighted by Gasteiger charge is -2.17. The highest BCUT2D eigenvalue weighted by Crippen LogP contribution is 2.37. The van der Waals surface area contributed by atoms with Crippen LogP contribution in [0.25, 0.3) is 0 Å². The Kier molecular flexibility index (Phi) is 5.12. The van der Waals surface area contributed by atoms with E-state index in [4.69, 9.17) is 9.47 Å². The third-order valence-corrected chi connectivity index (χ3v) is 6.85. The van der Waals surface area contributed by atoms with Gasteiger partial charge in [-0.2, -0.15) is 0 Å². The van der Waals surface area contributed by atoms with E-state index in [1.165, 1.54) is 26.2 Å². The topological polar surface area (TPSA) is 105 Å². The Morgan fingerprint density at radius 1 is 1.13 bits per heavy atom. The Hall–Kier alpha value is -3.11. The molecular formula is C20H21N3O6S. The maximum Gasteiger partial charge on any atom is 0.242 e. The number of sulfonamides is 1. The normalized spacial score (nSPS) is 18.2. The molecule has 1 fully saturated rings. The van der Waals surface area contributed by atoms with Crippen molar-refractivity contribution in [2.24, 2.45) is 5.92 Å². The van der Waals surface area contributed by atoms with Crippen molar-refractivity contribution >= 4 is 33.2 Å². The number of hydrogen-bond donors (Lipinski definition) is 1. The van der Waals surface area contributed by atoms with Gasteiger partial charge in [0.05, 0.1) is 10.8 Å². The van der Waals surface area contributed by atoms with Gasteiger partial charge in [0.2, 0.25) is 28.6 Å². The Balaban J connectivity index is 1.47. The molecule has 2 amide bonds. The number of benzene rings is 2. The van der Waals surface area contributed by atoms with Crippen LogP contribution in [0, 0.1) is 5.92 Å². The zero-order valence-electron chi connectivity index (χ0n) is 16.5. The quantitative estimate of drug-likeness (QED) is 0.772. The van der Waals surface area contributed by atoms with Gasteiger partial charge in [-0.3, -0.25) is 9.59 Å². The highest BCUT2D eigenvalue weighted by molar-refractivity contribution is 7.89. The molecule has 9 nitrogen and oxygen atoms in total. The summed E-state index contributed by atoms with van der Waals surface area (Å²) in [6.45, 7) is 0.361. The second-order valence-corrected chi connectivity index (χ2v) is 9.40. The molecule has 1 N–H and O–H groups in total. The highest BCUT2D eigenvalue weighted by atomic mass is 32.2. The number of hydrogen-bond acceptors (Lipinski definition) is 6. The zero-order chi connectivity index (χ0) is 21.5. The number of ether oxygens (including phenoxy) is 2. The van der Waals surface area contributed by atoms with Crippen molar-refractivity contribution < 1.29 is 27.5 Å². The number of nitrogens with zero attached hydrogens (tertiary/aromatic N) is 2. The second kappa shape index (κ2) is 7.62. The fourth-order valence-electron chi connectivity index (χ4n) is 3.38. The van der Waals surface area contributed by atoms with Crippen LogP contribution >= 0.6 is 0 Å². The number of carbonyl (C=O) groups excluding carboxylic acids is 2. The lowest BCUT2D eigenvalue weighted by Crippen LogP contribution is -2.28. The van der Waals surface area contributed by atoms with Gasteiger partial charge in [0.1, 0.15) is 0 Å². The van der Waals surface area contributed by atoms with Crippen molar-refractivity contribution in [1.82, 2.24) is 4.31 Å². The van der Waals surface area contributed by atoms with Crippen LogP contribution in [0.1, 0.15) is 6.42 Å². The van der Waals surface area contributed by atoms with Gasteiger partial charge in [-0.05, 0) is 30.3 Å². The molecule has 2 aromatic carbocycles. The monoisotopic (exact) mass is 431 g/mol. The molecule has 1 unspecified atom stereocenters. The van der Waals surface area contributed by atoms with Gasteiger partial charge < -0.3 is 19.7 Å². The third-order valence-electron chi connectivity index (χ3n) is 5.04. The van der Waals surface area contributed by atoms with Crippen LogP contribution < -0.4 is 19.7 Å². The first-order valence-electron chi connectivity index (χ1n) is 9.29. The van der Waals surface area contributed by atoms with Gasteiger partial charge in [0, 0.05) is 44.5 Å². The number of nitrogens with one attached hydrogen (secondary N) is 1. The van der Waals surface area contributed by atoms with Crippen LogP contribution in [-0.2, 0) is 19.6 Å². The predicted octanol–water partition coefficient (Wildman–Crippen LogP) is 1.66. The number of carbonyl (C=O) groups is 2. The average molecular weight is 431 g/mol. The zero-order valence-corrected chi connectivity index (χ0v) is 17.3. The minimum absolute atomic E-state index is 0.0654. The molecule has 2 aliphatic heterocycles. The van der Waals surface area contributed by atoms with Crippen molar-refractivity contribution in [3.05, 3.63) is 42.5 Å². The lowest BCUT2D eigenvalue weighted by molar-refractivity contribution is -0.122. The van der Waals surface area contributed by atoms with Gasteiger partial charge in [0.15, 0.2) is 11.5 Å².